The molecule has 0 aromatic rings. The van der Waals surface area contributed by atoms with Crippen molar-refractivity contribution in [3.8, 4) is 0 Å². The number of halogens is 3. The van der Waals surface area contributed by atoms with E-state index in [1.807, 2.05) is 0 Å². The molecule has 0 aliphatic heterocycles. The molecule has 1 saturated carbocycles. The highest BCUT2D eigenvalue weighted by Gasteiger charge is 2.37. The van der Waals surface area contributed by atoms with Crippen LogP contribution in [0.2, 0.25) is 0 Å². The van der Waals surface area contributed by atoms with Crippen molar-refractivity contribution in [3.05, 3.63) is 0 Å². The lowest BCUT2D eigenvalue weighted by atomic mass is 10.3. The highest BCUT2D eigenvalue weighted by atomic mass is 32.2. The van der Waals surface area contributed by atoms with E-state index in [0.717, 1.165) is 12.8 Å². The second-order valence-electron chi connectivity index (χ2n) is 3.02. The summed E-state index contributed by atoms with van der Waals surface area (Å²) in [6, 6.07) is 0. The molecule has 0 unspecified atom stereocenters. The monoisotopic (exact) mass is 218 g/mol. The van der Waals surface area contributed by atoms with Crippen LogP contribution < -0.4 is 0 Å². The van der Waals surface area contributed by atoms with Gasteiger partial charge in [-0.05, 0) is 12.3 Å². The molecule has 0 atom stereocenters. The van der Waals surface area contributed by atoms with E-state index in [-0.39, 0.29) is 12.3 Å². The van der Waals surface area contributed by atoms with E-state index in [1.54, 1.807) is 0 Å². The first-order valence-corrected chi connectivity index (χ1v) is 5.36. The maximum Gasteiger partial charge on any atom is 0.537 e. The molecule has 0 amide bonds. The van der Waals surface area contributed by atoms with Crippen molar-refractivity contribution in [3.63, 3.8) is 0 Å². The largest absolute Gasteiger partial charge is 0.537 e. The lowest BCUT2D eigenvalue weighted by Gasteiger charge is -2.06. The van der Waals surface area contributed by atoms with E-state index in [1.165, 1.54) is 0 Å². The zero-order valence-corrected chi connectivity index (χ0v) is 7.49. The number of alkyl halides is 3. The van der Waals surface area contributed by atoms with Gasteiger partial charge in [-0.2, -0.15) is 12.6 Å². The summed E-state index contributed by atoms with van der Waals surface area (Å²) in [4.78, 5) is 0. The average molecular weight is 218 g/mol. The number of hydrogen-bond acceptors (Lipinski definition) is 3. The molecule has 1 aliphatic carbocycles. The predicted octanol–water partition coefficient (Wildman–Crippen LogP) is 1.65. The Hall–Kier alpha value is -0.300. The van der Waals surface area contributed by atoms with Gasteiger partial charge in [-0.15, -0.1) is 13.2 Å². The second-order valence-corrected chi connectivity index (χ2v) is 4.71. The van der Waals surface area contributed by atoms with Gasteiger partial charge in [0.05, 0.1) is 5.75 Å². The predicted molar refractivity (Wildman–Crippen MR) is 38.3 cm³/mol. The van der Waals surface area contributed by atoms with Gasteiger partial charge in [-0.3, -0.25) is 0 Å². The molecule has 0 bridgehead atoms. The van der Waals surface area contributed by atoms with Gasteiger partial charge >= 0.3 is 6.36 Å². The van der Waals surface area contributed by atoms with Crippen LogP contribution in [0.1, 0.15) is 19.3 Å². The first-order valence-electron chi connectivity index (χ1n) is 3.78. The van der Waals surface area contributed by atoms with Gasteiger partial charge in [0.25, 0.3) is 10.1 Å². The van der Waals surface area contributed by atoms with Crippen molar-refractivity contribution >= 4 is 10.1 Å². The molecule has 0 aromatic carbocycles. The highest BCUT2D eigenvalue weighted by molar-refractivity contribution is 7.86. The molecule has 0 radical (unpaired) electrons. The Kier molecular flexibility index (Phi) is 2.86. The molecule has 7 heteroatoms. The van der Waals surface area contributed by atoms with Gasteiger partial charge in [0.1, 0.15) is 0 Å². The lowest BCUT2D eigenvalue weighted by Crippen LogP contribution is -2.22. The molecule has 1 fully saturated rings. The molecule has 0 spiro atoms. The lowest BCUT2D eigenvalue weighted by molar-refractivity contribution is -0.271. The molecule has 0 heterocycles. The first-order chi connectivity index (χ1) is 5.79. The molecular formula is C6H9F3O3S. The third-order valence-electron chi connectivity index (χ3n) is 1.69. The third kappa shape index (κ3) is 5.09. The Labute approximate surface area is 74.0 Å². The van der Waals surface area contributed by atoms with E-state index in [9.17, 15) is 21.6 Å². The van der Waals surface area contributed by atoms with Crippen LogP contribution in [-0.4, -0.2) is 20.5 Å². The van der Waals surface area contributed by atoms with Gasteiger partial charge in [-0.25, -0.2) is 0 Å². The second kappa shape index (κ2) is 3.45. The summed E-state index contributed by atoms with van der Waals surface area (Å²) in [5.41, 5.74) is 0. The highest BCUT2D eigenvalue weighted by Crippen LogP contribution is 2.33. The Morgan fingerprint density at radius 1 is 1.31 bits per heavy atom. The zero-order chi connectivity index (χ0) is 10.1. The van der Waals surface area contributed by atoms with Crippen molar-refractivity contribution in [2.75, 3.05) is 5.75 Å². The van der Waals surface area contributed by atoms with Gasteiger partial charge in [0, 0.05) is 0 Å². The van der Waals surface area contributed by atoms with Gasteiger partial charge in [-0.1, -0.05) is 12.8 Å². The fraction of sp³-hybridized carbons (Fsp3) is 1.00. The molecule has 3 nitrogen and oxygen atoms in total. The summed E-state index contributed by atoms with van der Waals surface area (Å²) in [6.07, 6.45) is -3.02. The molecule has 0 saturated heterocycles. The van der Waals surface area contributed by atoms with Crippen LogP contribution in [0.4, 0.5) is 13.2 Å². The Morgan fingerprint density at radius 2 is 1.85 bits per heavy atom. The van der Waals surface area contributed by atoms with Crippen molar-refractivity contribution in [2.24, 2.45) is 5.92 Å². The average Bonchev–Trinajstić information content (AvgIpc) is 2.59. The molecule has 1 rings (SSSR count). The topological polar surface area (TPSA) is 43.4 Å². The summed E-state index contributed by atoms with van der Waals surface area (Å²) in [7, 11) is -4.42. The maximum atomic E-state index is 11.5. The quantitative estimate of drug-likeness (QED) is 0.674. The van der Waals surface area contributed by atoms with Crippen molar-refractivity contribution in [1.82, 2.24) is 0 Å². The van der Waals surface area contributed by atoms with Crippen LogP contribution in [0.3, 0.4) is 0 Å². The van der Waals surface area contributed by atoms with E-state index in [2.05, 4.69) is 4.18 Å². The van der Waals surface area contributed by atoms with E-state index < -0.39 is 22.2 Å². The Morgan fingerprint density at radius 3 is 2.23 bits per heavy atom. The van der Waals surface area contributed by atoms with Crippen molar-refractivity contribution in [1.29, 1.82) is 0 Å². The van der Waals surface area contributed by atoms with Crippen LogP contribution in [-0.2, 0) is 14.3 Å². The van der Waals surface area contributed by atoms with Crippen LogP contribution >= 0.6 is 0 Å². The summed E-state index contributed by atoms with van der Waals surface area (Å²) in [5.74, 6) is -0.274. The number of hydrogen-bond donors (Lipinski definition) is 0. The smallest absolute Gasteiger partial charge is 0.199 e. The SMILES string of the molecule is O=S(=O)(CCC1CC1)OC(F)(F)F. The fourth-order valence-electron chi connectivity index (χ4n) is 0.903. The van der Waals surface area contributed by atoms with Gasteiger partial charge in [0.2, 0.25) is 0 Å². The molecule has 78 valence electrons. The molecule has 13 heavy (non-hydrogen) atoms. The fourth-order valence-corrected chi connectivity index (χ4v) is 1.90. The summed E-state index contributed by atoms with van der Waals surface area (Å²) in [5, 5.41) is 0. The molecule has 1 aliphatic rings. The van der Waals surface area contributed by atoms with Crippen LogP contribution in [0.25, 0.3) is 0 Å². The molecule has 0 N–H and O–H groups in total. The maximum absolute atomic E-state index is 11.5. The van der Waals surface area contributed by atoms with Crippen molar-refractivity contribution < 1.29 is 25.8 Å². The number of rotatable bonds is 4. The molecular weight excluding hydrogens is 209 g/mol. The van der Waals surface area contributed by atoms with E-state index in [4.69, 9.17) is 0 Å². The summed E-state index contributed by atoms with van der Waals surface area (Å²) >= 11 is 0. The minimum absolute atomic E-state index is 0.262. The van der Waals surface area contributed by atoms with Crippen LogP contribution in [0, 0.1) is 5.92 Å². The third-order valence-corrected chi connectivity index (χ3v) is 2.87. The van der Waals surface area contributed by atoms with Crippen molar-refractivity contribution in [2.45, 2.75) is 25.6 Å². The normalized spacial score (nSPS) is 19.0. The van der Waals surface area contributed by atoms with Crippen LogP contribution in [0.5, 0.6) is 0 Å². The molecule has 0 aromatic heterocycles. The van der Waals surface area contributed by atoms with Gasteiger partial charge in [0.15, 0.2) is 0 Å². The Balaban J connectivity index is 2.36. The standard InChI is InChI=1S/C6H9F3O3S/c7-6(8,9)12-13(10,11)4-3-5-1-2-5/h5H,1-4H2. The Bertz CT molecular complexity index is 265. The summed E-state index contributed by atoms with van der Waals surface area (Å²) in [6.45, 7) is 0. The minimum atomic E-state index is -5.09. The minimum Gasteiger partial charge on any atom is -0.199 e. The van der Waals surface area contributed by atoms with Gasteiger partial charge < -0.3 is 0 Å². The zero-order valence-electron chi connectivity index (χ0n) is 6.67. The van der Waals surface area contributed by atoms with E-state index in [0.29, 0.717) is 0 Å². The van der Waals surface area contributed by atoms with E-state index >= 15 is 0 Å². The summed E-state index contributed by atoms with van der Waals surface area (Å²) < 4.78 is 58.7. The van der Waals surface area contributed by atoms with Crippen LogP contribution in [0.15, 0.2) is 0 Å². The first kappa shape index (κ1) is 10.8.